The quantitative estimate of drug-likeness (QED) is 0.401. The van der Waals surface area contributed by atoms with Crippen LogP contribution in [0, 0.1) is 0 Å². The van der Waals surface area contributed by atoms with Crippen molar-refractivity contribution in [1.29, 1.82) is 0 Å². The molecule has 0 radical (unpaired) electrons. The molecule has 0 aliphatic rings. The molecule has 1 N–H and O–H groups in total. The lowest BCUT2D eigenvalue weighted by molar-refractivity contribution is 0.196. The average molecular weight is 182 g/mol. The third-order valence-electron chi connectivity index (χ3n) is 1.48. The summed E-state index contributed by atoms with van der Waals surface area (Å²) < 4.78 is 0.932. The molecule has 2 heterocycles. The largest absolute Gasteiger partial charge is 0.427 e. The average Bonchev–Trinajstić information content (AvgIpc) is 2.48. The second-order valence-corrected chi connectivity index (χ2v) is 2.94. The topological polar surface area (TPSA) is 63.8 Å². The van der Waals surface area contributed by atoms with Gasteiger partial charge in [-0.05, 0) is 6.26 Å². The zero-order valence-corrected chi connectivity index (χ0v) is 7.12. The number of rotatable bonds is 1. The molecule has 6 heteroatoms. The predicted octanol–water partition coefficient (Wildman–Crippen LogP) is 0.785. The van der Waals surface area contributed by atoms with Crippen LogP contribution in [0.4, 0.5) is 0 Å². The summed E-state index contributed by atoms with van der Waals surface area (Å²) in [7, 11) is 0. The maximum absolute atomic E-state index is 9.28. The molecule has 2 aromatic rings. The minimum absolute atomic E-state index is 0.511. The van der Waals surface area contributed by atoms with Crippen molar-refractivity contribution in [3.05, 3.63) is 12.7 Å². The minimum atomic E-state index is 0.511. The van der Waals surface area contributed by atoms with E-state index in [0.717, 1.165) is 9.76 Å². The molecule has 0 saturated carbocycles. The smallest absolute Gasteiger partial charge is 0.185 e. The van der Waals surface area contributed by atoms with E-state index in [9.17, 15) is 5.21 Å². The molecule has 0 saturated heterocycles. The number of thioether (sulfide) groups is 1. The maximum atomic E-state index is 9.28. The van der Waals surface area contributed by atoms with Crippen molar-refractivity contribution >= 4 is 22.9 Å². The van der Waals surface area contributed by atoms with E-state index in [0.29, 0.717) is 11.2 Å². The molecule has 0 aliphatic carbocycles. The van der Waals surface area contributed by atoms with Gasteiger partial charge < -0.3 is 5.21 Å². The molecule has 12 heavy (non-hydrogen) atoms. The molecule has 62 valence electrons. The second kappa shape index (κ2) is 2.63. The number of hydrogen-bond donors (Lipinski definition) is 1. The molecular formula is C6H6N4OS. The summed E-state index contributed by atoms with van der Waals surface area (Å²) in [6, 6.07) is 0. The van der Waals surface area contributed by atoms with Gasteiger partial charge >= 0.3 is 0 Å². The second-order valence-electron chi connectivity index (χ2n) is 2.14. The standard InChI is InChI=1S/C6H6N4OS/c1-12-6-4-5(7-2-8-6)9-3-10(4)11/h2-3,11H,1H3. The third-order valence-corrected chi connectivity index (χ3v) is 2.17. The molecule has 0 aliphatic heterocycles. The van der Waals surface area contributed by atoms with Gasteiger partial charge in [-0.15, -0.1) is 11.8 Å². The van der Waals surface area contributed by atoms with Crippen LogP contribution in [0.1, 0.15) is 0 Å². The van der Waals surface area contributed by atoms with Crippen LogP contribution in [0.2, 0.25) is 0 Å². The van der Waals surface area contributed by atoms with E-state index in [1.165, 1.54) is 24.4 Å². The normalized spacial score (nSPS) is 10.8. The molecule has 0 unspecified atom stereocenters. The highest BCUT2D eigenvalue weighted by molar-refractivity contribution is 7.98. The number of nitrogens with zero attached hydrogens (tertiary/aromatic N) is 4. The van der Waals surface area contributed by atoms with Gasteiger partial charge in [-0.25, -0.2) is 15.0 Å². The van der Waals surface area contributed by atoms with Crippen molar-refractivity contribution in [2.45, 2.75) is 5.03 Å². The van der Waals surface area contributed by atoms with E-state index in [1.807, 2.05) is 6.26 Å². The molecule has 5 nitrogen and oxygen atoms in total. The van der Waals surface area contributed by atoms with Crippen molar-refractivity contribution in [3.63, 3.8) is 0 Å². The van der Waals surface area contributed by atoms with Crippen LogP contribution in [-0.2, 0) is 0 Å². The Hall–Kier alpha value is -1.30. The Bertz CT molecular complexity index is 413. The van der Waals surface area contributed by atoms with Gasteiger partial charge in [0.05, 0.1) is 0 Å². The monoisotopic (exact) mass is 182 g/mol. The molecule has 0 bridgehead atoms. The van der Waals surface area contributed by atoms with Crippen LogP contribution in [0.25, 0.3) is 11.2 Å². The fourth-order valence-corrected chi connectivity index (χ4v) is 1.50. The summed E-state index contributed by atoms with van der Waals surface area (Å²) in [5.74, 6) is 0. The first-order valence-corrected chi connectivity index (χ1v) is 4.46. The van der Waals surface area contributed by atoms with E-state index in [-0.39, 0.29) is 0 Å². The van der Waals surface area contributed by atoms with Crippen LogP contribution in [0.15, 0.2) is 17.7 Å². The van der Waals surface area contributed by atoms with Crippen molar-refractivity contribution in [2.75, 3.05) is 6.26 Å². The van der Waals surface area contributed by atoms with Gasteiger partial charge in [0, 0.05) is 0 Å². The number of hydrogen-bond acceptors (Lipinski definition) is 5. The van der Waals surface area contributed by atoms with E-state index in [2.05, 4.69) is 15.0 Å². The van der Waals surface area contributed by atoms with Crippen LogP contribution in [0.3, 0.4) is 0 Å². The minimum Gasteiger partial charge on any atom is -0.427 e. The van der Waals surface area contributed by atoms with E-state index in [4.69, 9.17) is 0 Å². The van der Waals surface area contributed by atoms with E-state index in [1.54, 1.807) is 0 Å². The fraction of sp³-hybridized carbons (Fsp3) is 0.167. The maximum Gasteiger partial charge on any atom is 0.185 e. The van der Waals surface area contributed by atoms with Gasteiger partial charge in [-0.3, -0.25) is 0 Å². The molecule has 0 atom stereocenters. The first-order valence-electron chi connectivity index (χ1n) is 3.24. The summed E-state index contributed by atoms with van der Waals surface area (Å²) in [5.41, 5.74) is 1.07. The predicted molar refractivity (Wildman–Crippen MR) is 44.3 cm³/mol. The first kappa shape index (κ1) is 7.35. The van der Waals surface area contributed by atoms with Crippen LogP contribution >= 0.6 is 11.8 Å². The van der Waals surface area contributed by atoms with Gasteiger partial charge in [-0.1, -0.05) is 0 Å². The highest BCUT2D eigenvalue weighted by Crippen LogP contribution is 2.20. The zero-order valence-electron chi connectivity index (χ0n) is 6.30. The van der Waals surface area contributed by atoms with Crippen LogP contribution in [0.5, 0.6) is 0 Å². The Morgan fingerprint density at radius 3 is 3.00 bits per heavy atom. The first-order chi connectivity index (χ1) is 5.83. The Labute approximate surface area is 72.4 Å². The van der Waals surface area contributed by atoms with Crippen molar-refractivity contribution in [1.82, 2.24) is 19.7 Å². The number of fused-ring (bicyclic) bond motifs is 1. The Balaban J connectivity index is 2.84. The van der Waals surface area contributed by atoms with Gasteiger partial charge in [0.1, 0.15) is 17.7 Å². The van der Waals surface area contributed by atoms with Gasteiger partial charge in [-0.2, -0.15) is 4.73 Å². The highest BCUT2D eigenvalue weighted by Gasteiger charge is 2.07. The lowest BCUT2D eigenvalue weighted by atomic mass is 10.6. The Morgan fingerprint density at radius 2 is 2.25 bits per heavy atom. The summed E-state index contributed by atoms with van der Waals surface area (Å²) >= 11 is 1.45. The Kier molecular flexibility index (Phi) is 1.61. The van der Waals surface area contributed by atoms with Crippen molar-refractivity contribution < 1.29 is 5.21 Å². The summed E-state index contributed by atoms with van der Waals surface area (Å²) in [6.45, 7) is 0. The summed E-state index contributed by atoms with van der Waals surface area (Å²) in [6.07, 6.45) is 4.62. The summed E-state index contributed by atoms with van der Waals surface area (Å²) in [5, 5.41) is 10.0. The number of imidazole rings is 1. The molecular weight excluding hydrogens is 176 g/mol. The molecule has 2 aromatic heterocycles. The van der Waals surface area contributed by atoms with E-state index >= 15 is 0 Å². The van der Waals surface area contributed by atoms with Crippen LogP contribution < -0.4 is 0 Å². The molecule has 0 aromatic carbocycles. The lowest BCUT2D eigenvalue weighted by Gasteiger charge is -1.96. The van der Waals surface area contributed by atoms with Gasteiger partial charge in [0.25, 0.3) is 0 Å². The fourth-order valence-electron chi connectivity index (χ4n) is 0.965. The summed E-state index contributed by atoms with van der Waals surface area (Å²) in [4.78, 5) is 11.8. The SMILES string of the molecule is CSc1ncnc2ncn(O)c12. The lowest BCUT2D eigenvalue weighted by Crippen LogP contribution is -1.91. The van der Waals surface area contributed by atoms with E-state index < -0.39 is 0 Å². The Morgan fingerprint density at radius 1 is 1.42 bits per heavy atom. The third kappa shape index (κ3) is 0.918. The number of aromatic nitrogens is 4. The van der Waals surface area contributed by atoms with Crippen molar-refractivity contribution in [2.24, 2.45) is 0 Å². The van der Waals surface area contributed by atoms with Crippen molar-refractivity contribution in [3.8, 4) is 0 Å². The molecule has 0 fully saturated rings. The zero-order chi connectivity index (χ0) is 8.55. The molecule has 0 amide bonds. The van der Waals surface area contributed by atoms with Gasteiger partial charge in [0.15, 0.2) is 11.2 Å². The molecule has 0 spiro atoms. The van der Waals surface area contributed by atoms with Crippen LogP contribution in [-0.4, -0.2) is 31.1 Å². The van der Waals surface area contributed by atoms with Gasteiger partial charge in [0.2, 0.25) is 0 Å². The molecule has 2 rings (SSSR count). The highest BCUT2D eigenvalue weighted by atomic mass is 32.2.